The van der Waals surface area contributed by atoms with Gasteiger partial charge in [0.25, 0.3) is 0 Å². The molecule has 100 valence electrons. The molecule has 0 bridgehead atoms. The van der Waals surface area contributed by atoms with Crippen LogP contribution in [0.4, 0.5) is 15.8 Å². The van der Waals surface area contributed by atoms with Gasteiger partial charge in [-0.25, -0.2) is 4.39 Å². The Kier molecular flexibility index (Phi) is 3.61. The topological polar surface area (TPSA) is 47.7 Å². The minimum Gasteiger partial charge on any atom is -0.495 e. The number of nitrogens with zero attached hydrogens (tertiary/aromatic N) is 1. The van der Waals surface area contributed by atoms with Crippen LogP contribution in [-0.2, 0) is 4.74 Å². The molecule has 2 N–H and O–H groups in total. The molecule has 1 aliphatic rings. The van der Waals surface area contributed by atoms with Gasteiger partial charge in [0.15, 0.2) is 0 Å². The zero-order chi connectivity index (χ0) is 13.3. The van der Waals surface area contributed by atoms with Crippen molar-refractivity contribution >= 4 is 11.4 Å². The van der Waals surface area contributed by atoms with Gasteiger partial charge in [-0.05, 0) is 13.8 Å². The average Bonchev–Trinajstić information content (AvgIpc) is 2.33. The number of methoxy groups -OCH3 is 1. The highest BCUT2D eigenvalue weighted by Crippen LogP contribution is 2.32. The molecule has 1 fully saturated rings. The van der Waals surface area contributed by atoms with Gasteiger partial charge in [0, 0.05) is 24.7 Å². The smallest absolute Gasteiger partial charge is 0.148 e. The first-order valence-corrected chi connectivity index (χ1v) is 6.04. The molecule has 0 radical (unpaired) electrons. The van der Waals surface area contributed by atoms with Gasteiger partial charge in [0.1, 0.15) is 11.6 Å². The van der Waals surface area contributed by atoms with Crippen molar-refractivity contribution in [2.45, 2.75) is 26.0 Å². The zero-order valence-corrected chi connectivity index (χ0v) is 10.9. The van der Waals surface area contributed by atoms with Crippen LogP contribution in [0.3, 0.4) is 0 Å². The molecule has 1 saturated heterocycles. The Hall–Kier alpha value is -1.49. The predicted octanol–water partition coefficient (Wildman–Crippen LogP) is 2.03. The van der Waals surface area contributed by atoms with Crippen LogP contribution in [0, 0.1) is 5.82 Å². The van der Waals surface area contributed by atoms with Crippen molar-refractivity contribution in [3.8, 4) is 5.75 Å². The number of halogens is 1. The van der Waals surface area contributed by atoms with E-state index < -0.39 is 0 Å². The van der Waals surface area contributed by atoms with Gasteiger partial charge in [-0.3, -0.25) is 0 Å². The fraction of sp³-hybridized carbons (Fsp3) is 0.538. The number of hydrogen-bond acceptors (Lipinski definition) is 4. The summed E-state index contributed by atoms with van der Waals surface area (Å²) in [4.78, 5) is 1.99. The molecule has 2 rings (SSSR count). The van der Waals surface area contributed by atoms with E-state index in [1.165, 1.54) is 13.2 Å². The van der Waals surface area contributed by atoms with E-state index >= 15 is 0 Å². The van der Waals surface area contributed by atoms with Crippen molar-refractivity contribution in [3.05, 3.63) is 17.9 Å². The standard InChI is InChI=1S/C13H19FN2O2/c1-8-7-18-9(2)6-16(8)12-5-13(17-3)11(15)4-10(12)14/h4-5,8-9H,6-7,15H2,1-3H3. The second-order valence-electron chi connectivity index (χ2n) is 4.69. The lowest BCUT2D eigenvalue weighted by Crippen LogP contribution is -2.47. The van der Waals surface area contributed by atoms with E-state index in [0.29, 0.717) is 30.3 Å². The highest BCUT2D eigenvalue weighted by atomic mass is 19.1. The first-order valence-electron chi connectivity index (χ1n) is 6.04. The maximum Gasteiger partial charge on any atom is 0.148 e. The Balaban J connectivity index is 2.36. The van der Waals surface area contributed by atoms with Crippen LogP contribution in [-0.4, -0.2) is 32.4 Å². The van der Waals surface area contributed by atoms with Gasteiger partial charge in [-0.15, -0.1) is 0 Å². The van der Waals surface area contributed by atoms with Gasteiger partial charge < -0.3 is 20.1 Å². The molecule has 18 heavy (non-hydrogen) atoms. The predicted molar refractivity (Wildman–Crippen MR) is 69.6 cm³/mol. The Bertz CT molecular complexity index is 439. The highest BCUT2D eigenvalue weighted by molar-refractivity contribution is 5.63. The molecule has 0 spiro atoms. The van der Waals surface area contributed by atoms with Crippen molar-refractivity contribution in [1.82, 2.24) is 0 Å². The summed E-state index contributed by atoms with van der Waals surface area (Å²) in [6.45, 7) is 5.23. The fourth-order valence-electron chi connectivity index (χ4n) is 2.19. The van der Waals surface area contributed by atoms with Gasteiger partial charge in [-0.1, -0.05) is 0 Å². The summed E-state index contributed by atoms with van der Waals surface area (Å²) in [5.41, 5.74) is 6.51. The van der Waals surface area contributed by atoms with Crippen molar-refractivity contribution in [2.24, 2.45) is 0 Å². The SMILES string of the molecule is COc1cc(N2CC(C)OCC2C)c(F)cc1N. The molecule has 4 nitrogen and oxygen atoms in total. The quantitative estimate of drug-likeness (QED) is 0.820. The van der Waals surface area contributed by atoms with Crippen LogP contribution >= 0.6 is 0 Å². The van der Waals surface area contributed by atoms with Gasteiger partial charge in [0.05, 0.1) is 31.2 Å². The Labute approximate surface area is 106 Å². The maximum absolute atomic E-state index is 14.0. The first kappa shape index (κ1) is 13.0. The largest absolute Gasteiger partial charge is 0.495 e. The van der Waals surface area contributed by atoms with Gasteiger partial charge >= 0.3 is 0 Å². The Morgan fingerprint density at radius 3 is 2.83 bits per heavy atom. The van der Waals surface area contributed by atoms with E-state index in [9.17, 15) is 4.39 Å². The van der Waals surface area contributed by atoms with E-state index in [2.05, 4.69) is 0 Å². The highest BCUT2D eigenvalue weighted by Gasteiger charge is 2.26. The molecule has 2 atom stereocenters. The second kappa shape index (κ2) is 5.02. The monoisotopic (exact) mass is 254 g/mol. The minimum absolute atomic E-state index is 0.0872. The summed E-state index contributed by atoms with van der Waals surface area (Å²) in [6, 6.07) is 3.09. The van der Waals surface area contributed by atoms with Crippen LogP contribution in [0.15, 0.2) is 12.1 Å². The van der Waals surface area contributed by atoms with Crippen molar-refractivity contribution in [1.29, 1.82) is 0 Å². The van der Waals surface area contributed by atoms with Crippen LogP contribution in [0.2, 0.25) is 0 Å². The number of nitrogens with two attached hydrogens (primary N) is 1. The van der Waals surface area contributed by atoms with Crippen LogP contribution in [0.25, 0.3) is 0 Å². The van der Waals surface area contributed by atoms with Crippen molar-refractivity contribution < 1.29 is 13.9 Å². The van der Waals surface area contributed by atoms with E-state index in [0.717, 1.165) is 0 Å². The van der Waals surface area contributed by atoms with Gasteiger partial charge in [0.2, 0.25) is 0 Å². The molecule has 0 aliphatic carbocycles. The Morgan fingerprint density at radius 1 is 1.44 bits per heavy atom. The second-order valence-corrected chi connectivity index (χ2v) is 4.69. The van der Waals surface area contributed by atoms with Crippen molar-refractivity contribution in [3.63, 3.8) is 0 Å². The third-order valence-corrected chi connectivity index (χ3v) is 3.22. The number of anilines is 2. The molecule has 1 aromatic rings. The van der Waals surface area contributed by atoms with Crippen molar-refractivity contribution in [2.75, 3.05) is 30.9 Å². The molecule has 1 heterocycles. The lowest BCUT2D eigenvalue weighted by molar-refractivity contribution is 0.0341. The minimum atomic E-state index is -0.325. The summed E-state index contributed by atoms with van der Waals surface area (Å²) in [6.07, 6.45) is 0.0872. The third kappa shape index (κ3) is 2.36. The number of nitrogen functional groups attached to an aromatic ring is 1. The Morgan fingerprint density at radius 2 is 2.17 bits per heavy atom. The number of ether oxygens (including phenoxy) is 2. The molecule has 1 aliphatic heterocycles. The zero-order valence-electron chi connectivity index (χ0n) is 10.9. The van der Waals surface area contributed by atoms with Gasteiger partial charge in [-0.2, -0.15) is 0 Å². The molecule has 0 saturated carbocycles. The fourth-order valence-corrected chi connectivity index (χ4v) is 2.19. The summed E-state index contributed by atoms with van der Waals surface area (Å²) in [7, 11) is 1.53. The molecule has 1 aromatic carbocycles. The number of rotatable bonds is 2. The maximum atomic E-state index is 14.0. The molecule has 5 heteroatoms. The lowest BCUT2D eigenvalue weighted by atomic mass is 10.1. The van der Waals surface area contributed by atoms with E-state index in [1.54, 1.807) is 6.07 Å². The summed E-state index contributed by atoms with van der Waals surface area (Å²) >= 11 is 0. The summed E-state index contributed by atoms with van der Waals surface area (Å²) < 4.78 is 24.7. The normalized spacial score (nSPS) is 24.1. The van der Waals surface area contributed by atoms with Crippen LogP contribution in [0.5, 0.6) is 5.75 Å². The average molecular weight is 254 g/mol. The molecule has 0 aromatic heterocycles. The molecular formula is C13H19FN2O2. The number of benzene rings is 1. The van der Waals surface area contributed by atoms with E-state index in [4.69, 9.17) is 15.2 Å². The number of hydrogen-bond donors (Lipinski definition) is 1. The molecule has 0 amide bonds. The van der Waals surface area contributed by atoms with Crippen LogP contribution < -0.4 is 15.4 Å². The summed E-state index contributed by atoms with van der Waals surface area (Å²) in [5.74, 6) is 0.173. The van der Waals surface area contributed by atoms with Crippen LogP contribution in [0.1, 0.15) is 13.8 Å². The van der Waals surface area contributed by atoms with E-state index in [-0.39, 0.29) is 18.0 Å². The first-order chi connectivity index (χ1) is 8.52. The summed E-state index contributed by atoms with van der Waals surface area (Å²) in [5, 5.41) is 0. The lowest BCUT2D eigenvalue weighted by Gasteiger charge is -2.38. The third-order valence-electron chi connectivity index (χ3n) is 3.22. The molecule has 2 unspecified atom stereocenters. The van der Waals surface area contributed by atoms with E-state index in [1.807, 2.05) is 18.7 Å². The number of morpholine rings is 1. The molecular weight excluding hydrogens is 235 g/mol.